The maximum atomic E-state index is 12.1. The monoisotopic (exact) mass is 1080 g/mol. The summed E-state index contributed by atoms with van der Waals surface area (Å²) in [6.07, 6.45) is 5.63. The Hall–Kier alpha value is -5.45. The van der Waals surface area contributed by atoms with E-state index in [0.29, 0.717) is 38.0 Å². The van der Waals surface area contributed by atoms with Gasteiger partial charge in [-0.1, -0.05) is 147 Å². The van der Waals surface area contributed by atoms with Gasteiger partial charge in [0.25, 0.3) is 0 Å². The maximum Gasteiger partial charge on any atom is 0.306 e. The van der Waals surface area contributed by atoms with Crippen molar-refractivity contribution in [2.75, 3.05) is 67.6 Å². The summed E-state index contributed by atoms with van der Waals surface area (Å²) in [6.45, 7) is 22.1. The number of Topliss-reactive ketones (excluding diaryl/α,β-unsaturated/α-hetero) is 3. The first-order valence-corrected chi connectivity index (χ1v) is 25.1. The number of fused-ring (bicyclic) bond motifs is 2. The minimum Gasteiger partial charge on any atom is -0.469 e. The van der Waals surface area contributed by atoms with E-state index in [2.05, 4.69) is 80.3 Å². The molecule has 0 bridgehead atoms. The van der Waals surface area contributed by atoms with Crippen molar-refractivity contribution in [3.63, 3.8) is 0 Å². The number of carbonyl (C=O) groups is 7. The number of nitrogens with one attached hydrogen (secondary N) is 1. The third-order valence-corrected chi connectivity index (χ3v) is 14.2. The molecule has 2 aromatic carbocycles. The van der Waals surface area contributed by atoms with Crippen LogP contribution in [-0.2, 0) is 56.1 Å². The molecular formula is C61H107N7O9. The fourth-order valence-corrected chi connectivity index (χ4v) is 9.11. The lowest BCUT2D eigenvalue weighted by molar-refractivity contribution is -0.149. The lowest BCUT2D eigenvalue weighted by atomic mass is 9.76. The fraction of sp³-hybridized carbons (Fsp3) is 0.656. The lowest BCUT2D eigenvalue weighted by Crippen LogP contribution is -2.52. The van der Waals surface area contributed by atoms with Gasteiger partial charge in [-0.25, -0.2) is 10.0 Å². The predicted octanol–water partition coefficient (Wildman–Crippen LogP) is 11.0. The molecule has 0 saturated carbocycles. The number of methoxy groups -OCH3 is 2. The molecule has 5 aliphatic heterocycles. The SMILES string of the molecule is C.C.C.C.C.C.CCC(C)C(C)=O.CCC(CC(=O)OC)C(C)=O.CN1N=C2CCN(Cc3ccccc3)CC2(C)CC1=O.CN1N=C2CCNCC2(C)CC1=O.COC(=O)CC1(C)CN(Cc2ccccc2)CCC1=O. The summed E-state index contributed by atoms with van der Waals surface area (Å²) >= 11 is 0. The number of esters is 2. The van der Waals surface area contributed by atoms with E-state index in [1.165, 1.54) is 53.7 Å². The van der Waals surface area contributed by atoms with Crippen LogP contribution in [0.1, 0.15) is 169 Å². The first-order valence-electron chi connectivity index (χ1n) is 25.1. The largest absolute Gasteiger partial charge is 0.469 e. The molecule has 5 aliphatic rings. The number of hydrogen-bond donors (Lipinski definition) is 1. The summed E-state index contributed by atoms with van der Waals surface area (Å²) < 4.78 is 9.15. The Morgan fingerprint density at radius 1 is 0.636 bits per heavy atom. The van der Waals surface area contributed by atoms with Crippen LogP contribution < -0.4 is 5.32 Å². The van der Waals surface area contributed by atoms with E-state index < -0.39 is 5.41 Å². The highest BCUT2D eigenvalue weighted by Crippen LogP contribution is 2.36. The summed E-state index contributed by atoms with van der Waals surface area (Å²) in [4.78, 5) is 83.6. The van der Waals surface area contributed by atoms with Gasteiger partial charge >= 0.3 is 11.9 Å². The first kappa shape index (κ1) is 78.0. The molecule has 3 saturated heterocycles. The normalized spacial score (nSPS) is 21.9. The van der Waals surface area contributed by atoms with Gasteiger partial charge in [0, 0.05) is 138 Å². The number of carbonyl (C=O) groups excluding carboxylic acids is 7. The van der Waals surface area contributed by atoms with Crippen LogP contribution in [0.2, 0.25) is 0 Å². The second-order valence-electron chi connectivity index (χ2n) is 20.4. The molecule has 77 heavy (non-hydrogen) atoms. The number of ketones is 3. The Balaban J connectivity index is -0.000000442. The van der Waals surface area contributed by atoms with E-state index in [4.69, 9.17) is 4.74 Å². The van der Waals surface area contributed by atoms with Crippen LogP contribution in [0.25, 0.3) is 0 Å². The number of piperidine rings is 3. The van der Waals surface area contributed by atoms with Gasteiger partial charge in [0.15, 0.2) is 0 Å². The molecule has 2 amide bonds. The molecule has 5 heterocycles. The van der Waals surface area contributed by atoms with Gasteiger partial charge in [-0.2, -0.15) is 10.2 Å². The summed E-state index contributed by atoms with van der Waals surface area (Å²) in [5, 5.41) is 15.1. The molecular weight excluding hydrogens is 975 g/mol. The Bertz CT molecular complexity index is 2170. The van der Waals surface area contributed by atoms with Gasteiger partial charge in [0.05, 0.1) is 27.1 Å². The van der Waals surface area contributed by atoms with Crippen LogP contribution in [0, 0.1) is 28.1 Å². The zero-order valence-corrected chi connectivity index (χ0v) is 44.8. The predicted molar refractivity (Wildman–Crippen MR) is 317 cm³/mol. The number of amides is 2. The molecule has 3 fully saturated rings. The molecule has 440 valence electrons. The van der Waals surface area contributed by atoms with Crippen LogP contribution in [0.3, 0.4) is 0 Å². The number of hydrazone groups is 2. The second kappa shape index (κ2) is 37.4. The number of rotatable bonds is 12. The Labute approximate surface area is 467 Å². The number of hydrogen-bond acceptors (Lipinski definition) is 14. The van der Waals surface area contributed by atoms with Gasteiger partial charge in [0.1, 0.15) is 17.3 Å². The molecule has 16 heteroatoms. The van der Waals surface area contributed by atoms with E-state index in [-0.39, 0.29) is 115 Å². The van der Waals surface area contributed by atoms with Gasteiger partial charge in [0.2, 0.25) is 11.8 Å². The Morgan fingerprint density at radius 2 is 1.09 bits per heavy atom. The molecule has 0 aromatic heterocycles. The van der Waals surface area contributed by atoms with Gasteiger partial charge in [-0.15, -0.1) is 0 Å². The van der Waals surface area contributed by atoms with Crippen LogP contribution in [0.15, 0.2) is 70.9 Å². The molecule has 0 radical (unpaired) electrons. The number of benzene rings is 2. The minimum atomic E-state index is -0.625. The fourth-order valence-electron chi connectivity index (χ4n) is 9.11. The van der Waals surface area contributed by atoms with Crippen molar-refractivity contribution < 1.29 is 43.0 Å². The molecule has 1 N–H and O–H groups in total. The molecule has 5 atom stereocenters. The summed E-state index contributed by atoms with van der Waals surface area (Å²) in [7, 11) is 6.18. The van der Waals surface area contributed by atoms with Crippen molar-refractivity contribution in [3.8, 4) is 0 Å². The third-order valence-electron chi connectivity index (χ3n) is 14.2. The smallest absolute Gasteiger partial charge is 0.306 e. The van der Waals surface area contributed by atoms with E-state index in [9.17, 15) is 33.6 Å². The van der Waals surface area contributed by atoms with E-state index in [0.717, 1.165) is 65.1 Å². The quantitative estimate of drug-likeness (QED) is 0.198. The van der Waals surface area contributed by atoms with Crippen molar-refractivity contribution in [3.05, 3.63) is 71.8 Å². The number of likely N-dealkylation sites (tertiary alicyclic amines) is 2. The second-order valence-corrected chi connectivity index (χ2v) is 20.4. The van der Waals surface area contributed by atoms with E-state index in [1.54, 1.807) is 21.0 Å². The molecule has 0 spiro atoms. The van der Waals surface area contributed by atoms with Gasteiger partial charge in [-0.05, 0) is 37.8 Å². The van der Waals surface area contributed by atoms with Crippen LogP contribution in [0.5, 0.6) is 0 Å². The van der Waals surface area contributed by atoms with Crippen molar-refractivity contribution >= 4 is 52.5 Å². The van der Waals surface area contributed by atoms with Gasteiger partial charge in [-0.3, -0.25) is 43.4 Å². The number of nitrogens with zero attached hydrogens (tertiary/aromatic N) is 6. The van der Waals surface area contributed by atoms with Crippen LogP contribution in [-0.4, -0.2) is 140 Å². The van der Waals surface area contributed by atoms with Gasteiger partial charge < -0.3 is 14.8 Å². The minimum absolute atomic E-state index is 0. The summed E-state index contributed by atoms with van der Waals surface area (Å²) in [6, 6.07) is 20.7. The zero-order chi connectivity index (χ0) is 52.9. The van der Waals surface area contributed by atoms with E-state index in [1.807, 2.05) is 52.0 Å². The average Bonchev–Trinajstić information content (AvgIpc) is 3.33. The van der Waals surface area contributed by atoms with Crippen molar-refractivity contribution in [1.29, 1.82) is 0 Å². The highest BCUT2D eigenvalue weighted by atomic mass is 16.5. The lowest BCUT2D eigenvalue weighted by Gasteiger charge is -2.44. The molecule has 16 nitrogen and oxygen atoms in total. The molecule has 7 rings (SSSR count). The van der Waals surface area contributed by atoms with Crippen molar-refractivity contribution in [2.45, 2.75) is 171 Å². The topological polar surface area (TPSA) is 188 Å². The zero-order valence-electron chi connectivity index (χ0n) is 44.8. The highest BCUT2D eigenvalue weighted by Gasteiger charge is 2.43. The summed E-state index contributed by atoms with van der Waals surface area (Å²) in [5.74, 6) is 0.220. The molecule has 2 aromatic rings. The number of ether oxygens (including phenoxy) is 2. The van der Waals surface area contributed by atoms with Crippen molar-refractivity contribution in [2.24, 2.45) is 38.3 Å². The molecule has 0 aliphatic carbocycles. The molecule has 5 unspecified atom stereocenters. The standard InChI is InChI=1S/C16H21N3O.C16H21NO3.C9H15N3O.C8H14O3.C6H12O.6CH4/c1-16-10-15(20)18(2)17-14(16)8-9-19(12-16)11-13-6-4-3-5-7-13;1-16(10-15(19)20-2)12-17(9-8-14(16)18)11-13-6-4-3-5-7-13;1-9-5-8(13)12(2)11-7(9)3-4-10-6-9;1-4-7(6(2)9)5-8(10)11-3;1-4-5(2)6(3)7;;;;;;/h2*3-7H,8-12H2,1-2H3;10H,3-6H2,1-2H3;7H,4-5H2,1-3H3;5H,4H2,1-3H3;6*1H4. The van der Waals surface area contributed by atoms with Crippen LogP contribution in [0.4, 0.5) is 0 Å². The highest BCUT2D eigenvalue weighted by molar-refractivity contribution is 5.99. The van der Waals surface area contributed by atoms with E-state index >= 15 is 0 Å². The Morgan fingerprint density at radius 3 is 1.52 bits per heavy atom. The Kier molecular flexibility index (Phi) is 37.9. The third kappa shape index (κ3) is 24.8. The maximum absolute atomic E-state index is 12.1. The average molecular weight is 1080 g/mol. The van der Waals surface area contributed by atoms with Crippen LogP contribution >= 0.6 is 0 Å². The van der Waals surface area contributed by atoms with Crippen molar-refractivity contribution in [1.82, 2.24) is 25.1 Å². The summed E-state index contributed by atoms with van der Waals surface area (Å²) in [5.41, 5.74) is 4.17. The first-order chi connectivity index (χ1) is 33.5.